The van der Waals surface area contributed by atoms with Crippen molar-refractivity contribution in [3.63, 3.8) is 0 Å². The van der Waals surface area contributed by atoms with Gasteiger partial charge in [-0.25, -0.2) is 0 Å². The zero-order valence-corrected chi connectivity index (χ0v) is 14.3. The van der Waals surface area contributed by atoms with E-state index in [1.807, 2.05) is 0 Å². The number of rotatable bonds is 5. The summed E-state index contributed by atoms with van der Waals surface area (Å²) >= 11 is 5.88. The fraction of sp³-hybridized carbons (Fsp3) is 0.529. The monoisotopic (exact) mass is 351 g/mol. The smallest absolute Gasteiger partial charge is 0.227 e. The van der Waals surface area contributed by atoms with Crippen LogP contribution < -0.4 is 10.2 Å². The topological polar surface area (TPSA) is 61.9 Å². The first-order valence-electron chi connectivity index (χ1n) is 8.27. The number of anilines is 1. The molecule has 2 heterocycles. The molecule has 24 heavy (non-hydrogen) atoms. The molecule has 1 aromatic rings. The van der Waals surface area contributed by atoms with Crippen LogP contribution in [0.4, 0.5) is 5.69 Å². The summed E-state index contributed by atoms with van der Waals surface area (Å²) in [6.07, 6.45) is 0.256. The number of amides is 2. The van der Waals surface area contributed by atoms with Crippen LogP contribution >= 0.6 is 11.6 Å². The Morgan fingerprint density at radius 1 is 1.25 bits per heavy atom. The van der Waals surface area contributed by atoms with Crippen LogP contribution in [0.2, 0.25) is 5.02 Å². The van der Waals surface area contributed by atoms with Crippen LogP contribution in [0.25, 0.3) is 0 Å². The fourth-order valence-electron chi connectivity index (χ4n) is 3.06. The van der Waals surface area contributed by atoms with Gasteiger partial charge in [-0.1, -0.05) is 11.6 Å². The van der Waals surface area contributed by atoms with Gasteiger partial charge < -0.3 is 15.0 Å². The predicted molar refractivity (Wildman–Crippen MR) is 92.2 cm³/mol. The summed E-state index contributed by atoms with van der Waals surface area (Å²) in [5.74, 6) is -0.364. The number of carbonyl (C=O) groups excluding carboxylic acids is 2. The maximum atomic E-state index is 12.3. The molecule has 2 aliphatic rings. The number of nitrogens with zero attached hydrogens (tertiary/aromatic N) is 2. The number of hydrogen-bond acceptors (Lipinski definition) is 4. The van der Waals surface area contributed by atoms with E-state index in [2.05, 4.69) is 10.2 Å². The maximum Gasteiger partial charge on any atom is 0.227 e. The minimum atomic E-state index is -0.294. The number of benzene rings is 1. The van der Waals surface area contributed by atoms with Gasteiger partial charge in [0.15, 0.2) is 0 Å². The van der Waals surface area contributed by atoms with Crippen molar-refractivity contribution in [1.29, 1.82) is 0 Å². The summed E-state index contributed by atoms with van der Waals surface area (Å²) in [4.78, 5) is 28.4. The Morgan fingerprint density at radius 2 is 1.96 bits per heavy atom. The van der Waals surface area contributed by atoms with Gasteiger partial charge in [0.2, 0.25) is 11.8 Å². The van der Waals surface area contributed by atoms with Gasteiger partial charge in [-0.3, -0.25) is 14.5 Å². The van der Waals surface area contributed by atoms with Crippen LogP contribution in [0.1, 0.15) is 6.42 Å². The van der Waals surface area contributed by atoms with E-state index in [0.717, 1.165) is 38.5 Å². The lowest BCUT2D eigenvalue weighted by Crippen LogP contribution is -2.42. The molecule has 0 aliphatic carbocycles. The predicted octanol–water partition coefficient (Wildman–Crippen LogP) is 1.14. The Kier molecular flexibility index (Phi) is 5.71. The van der Waals surface area contributed by atoms with Crippen LogP contribution in [0, 0.1) is 5.92 Å². The molecule has 2 amide bonds. The number of carbonyl (C=O) groups is 2. The van der Waals surface area contributed by atoms with E-state index in [4.69, 9.17) is 16.3 Å². The molecule has 2 fully saturated rings. The molecule has 3 rings (SSSR count). The molecule has 130 valence electrons. The lowest BCUT2D eigenvalue weighted by atomic mass is 10.1. The summed E-state index contributed by atoms with van der Waals surface area (Å²) in [5.41, 5.74) is 0.785. The molecule has 1 aromatic carbocycles. The van der Waals surface area contributed by atoms with E-state index in [1.54, 1.807) is 29.2 Å². The van der Waals surface area contributed by atoms with Gasteiger partial charge in [0.1, 0.15) is 0 Å². The van der Waals surface area contributed by atoms with E-state index in [9.17, 15) is 9.59 Å². The Morgan fingerprint density at radius 3 is 2.67 bits per heavy atom. The molecule has 0 aromatic heterocycles. The second-order valence-electron chi connectivity index (χ2n) is 6.13. The largest absolute Gasteiger partial charge is 0.379 e. The summed E-state index contributed by atoms with van der Waals surface area (Å²) in [5, 5.41) is 3.58. The third-order valence-corrected chi connectivity index (χ3v) is 4.72. The van der Waals surface area contributed by atoms with Gasteiger partial charge in [-0.15, -0.1) is 0 Å². The van der Waals surface area contributed by atoms with Crippen LogP contribution in [-0.2, 0) is 14.3 Å². The van der Waals surface area contributed by atoms with E-state index < -0.39 is 0 Å². The molecule has 0 bridgehead atoms. The quantitative estimate of drug-likeness (QED) is 0.864. The molecule has 0 saturated carbocycles. The molecule has 6 nitrogen and oxygen atoms in total. The minimum absolute atomic E-state index is 0.0225. The SMILES string of the molecule is O=C(NCCN1CCOCC1)[C@@H]1CC(=O)N(c2ccc(Cl)cc2)C1. The van der Waals surface area contributed by atoms with E-state index >= 15 is 0 Å². The van der Waals surface area contributed by atoms with Gasteiger partial charge in [-0.2, -0.15) is 0 Å². The maximum absolute atomic E-state index is 12.3. The summed E-state index contributed by atoms with van der Waals surface area (Å²) in [6.45, 7) is 5.15. The number of morpholine rings is 1. The van der Waals surface area contributed by atoms with Crippen molar-refractivity contribution in [2.45, 2.75) is 6.42 Å². The van der Waals surface area contributed by atoms with Gasteiger partial charge in [-0.05, 0) is 24.3 Å². The Labute approximate surface area is 146 Å². The number of ether oxygens (including phenoxy) is 1. The molecular formula is C17H22ClN3O3. The average molecular weight is 352 g/mol. The minimum Gasteiger partial charge on any atom is -0.379 e. The van der Waals surface area contributed by atoms with E-state index in [-0.39, 0.29) is 24.2 Å². The number of halogens is 1. The van der Waals surface area contributed by atoms with Crippen molar-refractivity contribution in [3.8, 4) is 0 Å². The van der Waals surface area contributed by atoms with Crippen molar-refractivity contribution < 1.29 is 14.3 Å². The second kappa shape index (κ2) is 7.96. The molecule has 0 radical (unpaired) electrons. The lowest BCUT2D eigenvalue weighted by molar-refractivity contribution is -0.126. The highest BCUT2D eigenvalue weighted by Gasteiger charge is 2.34. The van der Waals surface area contributed by atoms with Gasteiger partial charge >= 0.3 is 0 Å². The summed E-state index contributed by atoms with van der Waals surface area (Å²) in [7, 11) is 0. The van der Waals surface area contributed by atoms with Crippen molar-refractivity contribution in [1.82, 2.24) is 10.2 Å². The first-order valence-corrected chi connectivity index (χ1v) is 8.65. The standard InChI is InChI=1S/C17H22ClN3O3/c18-14-1-3-15(4-2-14)21-12-13(11-16(21)22)17(23)19-5-6-20-7-9-24-10-8-20/h1-4,13H,5-12H2,(H,19,23)/t13-/m1/s1. The molecule has 0 unspecified atom stereocenters. The van der Waals surface area contributed by atoms with E-state index in [1.165, 1.54) is 0 Å². The highest BCUT2D eigenvalue weighted by Crippen LogP contribution is 2.26. The van der Waals surface area contributed by atoms with Crippen LogP contribution in [0.5, 0.6) is 0 Å². The van der Waals surface area contributed by atoms with Crippen molar-refractivity contribution in [3.05, 3.63) is 29.3 Å². The van der Waals surface area contributed by atoms with Crippen molar-refractivity contribution in [2.75, 3.05) is 50.8 Å². The van der Waals surface area contributed by atoms with Gasteiger partial charge in [0, 0.05) is 49.9 Å². The molecule has 1 N–H and O–H groups in total. The third-order valence-electron chi connectivity index (χ3n) is 4.47. The van der Waals surface area contributed by atoms with Crippen LogP contribution in [0.15, 0.2) is 24.3 Å². The third kappa shape index (κ3) is 4.26. The molecule has 0 spiro atoms. The molecule has 2 aliphatic heterocycles. The van der Waals surface area contributed by atoms with Crippen molar-refractivity contribution >= 4 is 29.1 Å². The highest BCUT2D eigenvalue weighted by molar-refractivity contribution is 6.30. The van der Waals surface area contributed by atoms with Crippen LogP contribution in [-0.4, -0.2) is 62.7 Å². The fourth-order valence-corrected chi connectivity index (χ4v) is 3.19. The van der Waals surface area contributed by atoms with Gasteiger partial charge in [0.25, 0.3) is 0 Å². The van der Waals surface area contributed by atoms with Gasteiger partial charge in [0.05, 0.1) is 19.1 Å². The zero-order valence-electron chi connectivity index (χ0n) is 13.5. The number of hydrogen-bond donors (Lipinski definition) is 1. The normalized spacial score (nSPS) is 22.0. The Balaban J connectivity index is 1.47. The summed E-state index contributed by atoms with van der Waals surface area (Å²) < 4.78 is 5.30. The Bertz CT molecular complexity index is 587. The Hall–Kier alpha value is -1.63. The second-order valence-corrected chi connectivity index (χ2v) is 6.56. The molecule has 2 saturated heterocycles. The summed E-state index contributed by atoms with van der Waals surface area (Å²) in [6, 6.07) is 7.11. The average Bonchev–Trinajstić information content (AvgIpc) is 2.98. The van der Waals surface area contributed by atoms with Crippen LogP contribution in [0.3, 0.4) is 0 Å². The van der Waals surface area contributed by atoms with E-state index in [0.29, 0.717) is 18.1 Å². The molecule has 7 heteroatoms. The first kappa shape index (κ1) is 17.2. The first-order chi connectivity index (χ1) is 11.6. The molecule has 1 atom stereocenters. The lowest BCUT2D eigenvalue weighted by Gasteiger charge is -2.26. The zero-order chi connectivity index (χ0) is 16.9. The number of nitrogens with one attached hydrogen (secondary N) is 1. The van der Waals surface area contributed by atoms with Crippen molar-refractivity contribution in [2.24, 2.45) is 5.92 Å². The highest BCUT2D eigenvalue weighted by atomic mass is 35.5. The molecular weight excluding hydrogens is 330 g/mol.